The molecule has 40 heavy (non-hydrogen) atoms. The Kier molecular flexibility index (Phi) is 7.83. The molecule has 1 aromatic heterocycles. The molecular weight excluding hydrogens is 508 g/mol. The SMILES string of the molecule is C[C@@H]1CN(C(=O)OC(C)(C)C)C[C@H](C)N1CC1CCN(c2cccc3c(C4CCC(=O)NC4=O)nn(C)c23)CC1. The normalized spacial score (nSPS) is 25.4. The van der Waals surface area contributed by atoms with Crippen LogP contribution in [0.15, 0.2) is 18.2 Å². The van der Waals surface area contributed by atoms with Crippen molar-refractivity contribution in [2.75, 3.05) is 37.6 Å². The minimum absolute atomic E-state index is 0.209. The van der Waals surface area contributed by atoms with Gasteiger partial charge in [0, 0.05) is 63.7 Å². The van der Waals surface area contributed by atoms with Crippen LogP contribution in [0.3, 0.4) is 0 Å². The Bertz CT molecular complexity index is 1260. The number of anilines is 1. The van der Waals surface area contributed by atoms with Crippen molar-refractivity contribution in [1.29, 1.82) is 0 Å². The fourth-order valence-corrected chi connectivity index (χ4v) is 6.66. The number of nitrogens with one attached hydrogen (secondary N) is 1. The van der Waals surface area contributed by atoms with E-state index in [1.54, 1.807) is 0 Å². The molecule has 0 spiro atoms. The number of carbonyl (C=O) groups is 3. The predicted molar refractivity (Wildman–Crippen MR) is 154 cm³/mol. The number of imide groups is 1. The summed E-state index contributed by atoms with van der Waals surface area (Å²) in [5, 5.41) is 8.23. The van der Waals surface area contributed by atoms with Crippen LogP contribution in [0.5, 0.6) is 0 Å². The minimum Gasteiger partial charge on any atom is -0.444 e. The maximum absolute atomic E-state index is 12.7. The van der Waals surface area contributed by atoms with Crippen LogP contribution >= 0.6 is 0 Å². The first-order valence-electron chi connectivity index (χ1n) is 14.7. The van der Waals surface area contributed by atoms with Gasteiger partial charge in [-0.2, -0.15) is 5.10 Å². The van der Waals surface area contributed by atoms with Crippen molar-refractivity contribution < 1.29 is 19.1 Å². The quantitative estimate of drug-likeness (QED) is 0.578. The molecule has 218 valence electrons. The van der Waals surface area contributed by atoms with E-state index in [4.69, 9.17) is 9.84 Å². The molecule has 3 aliphatic heterocycles. The summed E-state index contributed by atoms with van der Waals surface area (Å²) in [6, 6.07) is 6.80. The second kappa shape index (κ2) is 11.0. The molecule has 3 fully saturated rings. The number of hydrogen-bond acceptors (Lipinski definition) is 7. The maximum Gasteiger partial charge on any atom is 0.410 e. The monoisotopic (exact) mass is 552 g/mol. The topological polar surface area (TPSA) is 100 Å². The predicted octanol–water partition coefficient (Wildman–Crippen LogP) is 3.64. The van der Waals surface area contributed by atoms with Crippen LogP contribution in [0.1, 0.15) is 71.9 Å². The number of aromatic nitrogens is 2. The van der Waals surface area contributed by atoms with E-state index < -0.39 is 11.5 Å². The van der Waals surface area contributed by atoms with Gasteiger partial charge < -0.3 is 14.5 Å². The van der Waals surface area contributed by atoms with Gasteiger partial charge in [-0.15, -0.1) is 0 Å². The summed E-state index contributed by atoms with van der Waals surface area (Å²) < 4.78 is 7.51. The van der Waals surface area contributed by atoms with Gasteiger partial charge in [0.05, 0.1) is 22.8 Å². The zero-order chi connectivity index (χ0) is 28.8. The van der Waals surface area contributed by atoms with E-state index in [-0.39, 0.29) is 30.0 Å². The van der Waals surface area contributed by atoms with Crippen molar-refractivity contribution in [3.05, 3.63) is 23.9 Å². The van der Waals surface area contributed by atoms with Crippen LogP contribution in [0.25, 0.3) is 10.9 Å². The highest BCUT2D eigenvalue weighted by atomic mass is 16.6. The molecule has 1 unspecified atom stereocenters. The van der Waals surface area contributed by atoms with Crippen LogP contribution < -0.4 is 10.2 Å². The molecule has 0 radical (unpaired) electrons. The molecule has 10 heteroatoms. The summed E-state index contributed by atoms with van der Waals surface area (Å²) in [5.74, 6) is -0.266. The number of aryl methyl sites for hydroxylation is 1. The van der Waals surface area contributed by atoms with Crippen LogP contribution in [-0.2, 0) is 21.4 Å². The van der Waals surface area contributed by atoms with E-state index >= 15 is 0 Å². The number of nitrogens with zero attached hydrogens (tertiary/aromatic N) is 5. The van der Waals surface area contributed by atoms with Crippen LogP contribution in [0.2, 0.25) is 0 Å². The van der Waals surface area contributed by atoms with E-state index in [0.717, 1.165) is 54.8 Å². The van der Waals surface area contributed by atoms with Crippen LogP contribution in [0, 0.1) is 5.92 Å². The van der Waals surface area contributed by atoms with E-state index in [1.165, 1.54) is 0 Å². The fourth-order valence-electron chi connectivity index (χ4n) is 6.66. The number of fused-ring (bicyclic) bond motifs is 1. The van der Waals surface area contributed by atoms with Crippen molar-refractivity contribution in [2.45, 2.75) is 83.9 Å². The summed E-state index contributed by atoms with van der Waals surface area (Å²) in [7, 11) is 1.94. The largest absolute Gasteiger partial charge is 0.444 e. The summed E-state index contributed by atoms with van der Waals surface area (Å²) >= 11 is 0. The van der Waals surface area contributed by atoms with Gasteiger partial charge in [-0.3, -0.25) is 24.5 Å². The molecule has 3 saturated heterocycles. The van der Waals surface area contributed by atoms with Gasteiger partial charge in [0.2, 0.25) is 11.8 Å². The summed E-state index contributed by atoms with van der Waals surface area (Å²) in [5.41, 5.74) is 2.46. The Morgan fingerprint density at radius 3 is 2.38 bits per heavy atom. The fraction of sp³-hybridized carbons (Fsp3) is 0.667. The van der Waals surface area contributed by atoms with Crippen molar-refractivity contribution in [1.82, 2.24) is 24.9 Å². The number of para-hydroxylation sites is 1. The Morgan fingerprint density at radius 1 is 1.07 bits per heavy atom. The number of ether oxygens (including phenoxy) is 1. The first kappa shape index (κ1) is 28.4. The molecule has 2 aromatic rings. The zero-order valence-electron chi connectivity index (χ0n) is 24.8. The molecule has 0 bridgehead atoms. The van der Waals surface area contributed by atoms with Gasteiger partial charge in [0.1, 0.15) is 5.60 Å². The van der Waals surface area contributed by atoms with Crippen molar-refractivity contribution in [3.8, 4) is 0 Å². The lowest BCUT2D eigenvalue weighted by Gasteiger charge is -2.46. The molecule has 5 rings (SSSR count). The lowest BCUT2D eigenvalue weighted by molar-refractivity contribution is -0.134. The third-order valence-electron chi connectivity index (χ3n) is 8.62. The van der Waals surface area contributed by atoms with Crippen molar-refractivity contribution in [2.24, 2.45) is 13.0 Å². The van der Waals surface area contributed by atoms with E-state index in [1.807, 2.05) is 49.5 Å². The Morgan fingerprint density at radius 2 is 1.75 bits per heavy atom. The van der Waals surface area contributed by atoms with Crippen LogP contribution in [-0.4, -0.2) is 87.9 Å². The molecule has 0 saturated carbocycles. The molecule has 3 aliphatic rings. The molecule has 1 aromatic carbocycles. The number of piperazine rings is 1. The zero-order valence-corrected chi connectivity index (χ0v) is 24.8. The number of hydrogen-bond donors (Lipinski definition) is 1. The molecule has 3 amide bonds. The van der Waals surface area contributed by atoms with E-state index in [2.05, 4.69) is 35.0 Å². The summed E-state index contributed by atoms with van der Waals surface area (Å²) in [4.78, 5) is 43.8. The average molecular weight is 553 g/mol. The van der Waals surface area contributed by atoms with E-state index in [0.29, 0.717) is 31.8 Å². The van der Waals surface area contributed by atoms with Crippen LogP contribution in [0.4, 0.5) is 10.5 Å². The van der Waals surface area contributed by atoms with Gasteiger partial charge in [0.25, 0.3) is 0 Å². The van der Waals surface area contributed by atoms with Gasteiger partial charge >= 0.3 is 6.09 Å². The second-order valence-corrected chi connectivity index (χ2v) is 12.9. The first-order chi connectivity index (χ1) is 18.9. The Balaban J connectivity index is 1.22. The van der Waals surface area contributed by atoms with E-state index in [9.17, 15) is 14.4 Å². The molecule has 1 N–H and O–H groups in total. The van der Waals surface area contributed by atoms with Gasteiger partial charge in [0.15, 0.2) is 0 Å². The molecule has 4 heterocycles. The lowest BCUT2D eigenvalue weighted by atomic mass is 9.92. The number of piperidine rings is 2. The summed E-state index contributed by atoms with van der Waals surface area (Å²) in [6.45, 7) is 14.5. The number of benzene rings is 1. The standard InChI is InChI=1S/C30H44N6O4/c1-19-16-35(29(39)40-30(3,4)5)17-20(2)36(19)18-21-12-14-34(15-13-21)24-9-7-8-22-26(32-33(6)27(22)24)23-10-11-25(37)31-28(23)38/h7-9,19-21,23H,10-18H2,1-6H3,(H,31,37,38)/t19-,20+,23?. The third kappa shape index (κ3) is 5.82. The van der Waals surface area contributed by atoms with Gasteiger partial charge in [-0.05, 0) is 65.9 Å². The highest BCUT2D eigenvalue weighted by Gasteiger charge is 2.36. The highest BCUT2D eigenvalue weighted by Crippen LogP contribution is 2.36. The Hall–Kier alpha value is -3.14. The van der Waals surface area contributed by atoms with Gasteiger partial charge in [-0.1, -0.05) is 12.1 Å². The third-order valence-corrected chi connectivity index (χ3v) is 8.62. The number of amides is 3. The molecular formula is C30H44N6O4. The minimum atomic E-state index is -0.485. The average Bonchev–Trinajstić information content (AvgIpc) is 3.22. The van der Waals surface area contributed by atoms with Crippen molar-refractivity contribution in [3.63, 3.8) is 0 Å². The smallest absolute Gasteiger partial charge is 0.410 e. The number of carbonyl (C=O) groups excluding carboxylic acids is 3. The lowest BCUT2D eigenvalue weighted by Crippen LogP contribution is -2.59. The Labute approximate surface area is 237 Å². The number of rotatable bonds is 4. The summed E-state index contributed by atoms with van der Waals surface area (Å²) in [6.07, 6.45) is 2.81. The maximum atomic E-state index is 12.7. The van der Waals surface area contributed by atoms with Gasteiger partial charge in [-0.25, -0.2) is 4.79 Å². The second-order valence-electron chi connectivity index (χ2n) is 12.9. The highest BCUT2D eigenvalue weighted by molar-refractivity contribution is 6.03. The van der Waals surface area contributed by atoms with Crippen molar-refractivity contribution >= 4 is 34.5 Å². The first-order valence-corrected chi connectivity index (χ1v) is 14.7. The molecule has 10 nitrogen and oxygen atoms in total. The molecule has 3 atom stereocenters. The molecule has 0 aliphatic carbocycles.